The van der Waals surface area contributed by atoms with Crippen molar-refractivity contribution in [2.45, 2.75) is 18.8 Å². The van der Waals surface area contributed by atoms with E-state index in [9.17, 15) is 10.1 Å². The predicted molar refractivity (Wildman–Crippen MR) is 94.7 cm³/mol. The molecule has 1 atom stereocenters. The summed E-state index contributed by atoms with van der Waals surface area (Å²) in [6.07, 6.45) is 3.65. The molecule has 0 bridgehead atoms. The van der Waals surface area contributed by atoms with Crippen molar-refractivity contribution < 1.29 is 4.92 Å². The maximum absolute atomic E-state index is 11.3. The molecule has 0 unspecified atom stereocenters. The molecular formula is C17H16N4O2S. The highest BCUT2D eigenvalue weighted by molar-refractivity contribution is 7.18. The number of nitro groups is 1. The molecule has 0 radical (unpaired) electrons. The SMILES string of the molecule is O=[N+]([O-])c1cccnc1N1CCC[C@@H](c2nc3ccccc3s2)C1. The Labute approximate surface area is 142 Å². The van der Waals surface area contributed by atoms with Crippen LogP contribution in [0.5, 0.6) is 0 Å². The first-order valence-electron chi connectivity index (χ1n) is 7.92. The average molecular weight is 340 g/mol. The van der Waals surface area contributed by atoms with E-state index in [4.69, 9.17) is 4.98 Å². The molecular weight excluding hydrogens is 324 g/mol. The van der Waals surface area contributed by atoms with Crippen LogP contribution in [0.4, 0.5) is 11.5 Å². The van der Waals surface area contributed by atoms with Crippen molar-refractivity contribution in [3.05, 3.63) is 57.7 Å². The van der Waals surface area contributed by atoms with E-state index in [2.05, 4.69) is 11.1 Å². The van der Waals surface area contributed by atoms with E-state index in [0.29, 0.717) is 5.82 Å². The first-order valence-corrected chi connectivity index (χ1v) is 8.74. The van der Waals surface area contributed by atoms with Crippen LogP contribution < -0.4 is 4.90 Å². The van der Waals surface area contributed by atoms with Crippen LogP contribution in [0.25, 0.3) is 10.2 Å². The molecule has 0 N–H and O–H groups in total. The normalized spacial score (nSPS) is 18.0. The smallest absolute Gasteiger partial charge is 0.311 e. The Hall–Kier alpha value is -2.54. The van der Waals surface area contributed by atoms with Gasteiger partial charge in [-0.05, 0) is 31.0 Å². The summed E-state index contributed by atoms with van der Waals surface area (Å²) in [5.74, 6) is 0.756. The van der Waals surface area contributed by atoms with Gasteiger partial charge in [0.2, 0.25) is 5.82 Å². The highest BCUT2D eigenvalue weighted by Gasteiger charge is 2.28. The van der Waals surface area contributed by atoms with Crippen LogP contribution in [-0.4, -0.2) is 28.0 Å². The maximum atomic E-state index is 11.3. The lowest BCUT2D eigenvalue weighted by Gasteiger charge is -2.32. The Morgan fingerprint density at radius 3 is 2.96 bits per heavy atom. The average Bonchev–Trinajstić information content (AvgIpc) is 3.06. The molecule has 1 saturated heterocycles. The third-order valence-electron chi connectivity index (χ3n) is 4.34. The van der Waals surface area contributed by atoms with E-state index in [1.807, 2.05) is 23.1 Å². The van der Waals surface area contributed by atoms with Gasteiger partial charge >= 0.3 is 5.69 Å². The summed E-state index contributed by atoms with van der Waals surface area (Å²) in [4.78, 5) is 22.0. The summed E-state index contributed by atoms with van der Waals surface area (Å²) >= 11 is 1.72. The molecule has 0 spiro atoms. The molecule has 4 rings (SSSR count). The van der Waals surface area contributed by atoms with Crippen LogP contribution in [0.3, 0.4) is 0 Å². The van der Waals surface area contributed by atoms with Crippen molar-refractivity contribution in [3.8, 4) is 0 Å². The molecule has 0 aliphatic carbocycles. The van der Waals surface area contributed by atoms with E-state index >= 15 is 0 Å². The summed E-state index contributed by atoms with van der Waals surface area (Å²) < 4.78 is 1.19. The predicted octanol–water partition coefficient (Wildman–Crippen LogP) is 3.98. The van der Waals surface area contributed by atoms with Crippen molar-refractivity contribution in [2.24, 2.45) is 0 Å². The molecule has 7 heteroatoms. The topological polar surface area (TPSA) is 72.2 Å². The van der Waals surface area contributed by atoms with Gasteiger partial charge in [-0.3, -0.25) is 10.1 Å². The Kier molecular flexibility index (Phi) is 3.86. The van der Waals surface area contributed by atoms with Gasteiger partial charge in [-0.15, -0.1) is 11.3 Å². The van der Waals surface area contributed by atoms with Crippen LogP contribution >= 0.6 is 11.3 Å². The monoisotopic (exact) mass is 340 g/mol. The number of hydrogen-bond acceptors (Lipinski definition) is 6. The molecule has 3 heterocycles. The van der Waals surface area contributed by atoms with Crippen LogP contribution in [0.15, 0.2) is 42.6 Å². The zero-order chi connectivity index (χ0) is 16.5. The molecule has 0 saturated carbocycles. The summed E-state index contributed by atoms with van der Waals surface area (Å²) in [6.45, 7) is 1.51. The first kappa shape index (κ1) is 15.0. The van der Waals surface area contributed by atoms with Crippen LogP contribution in [0.1, 0.15) is 23.8 Å². The standard InChI is InChI=1S/C17H16N4O2S/c22-21(23)14-7-3-9-18-16(14)20-10-4-5-12(11-20)17-19-13-6-1-2-8-15(13)24-17/h1-3,6-9,12H,4-5,10-11H2/t12-/m1/s1. The van der Waals surface area contributed by atoms with E-state index in [0.717, 1.165) is 36.5 Å². The lowest BCUT2D eigenvalue weighted by molar-refractivity contribution is -0.384. The van der Waals surface area contributed by atoms with Gasteiger partial charge in [0.25, 0.3) is 0 Å². The maximum Gasteiger partial charge on any atom is 0.311 e. The van der Waals surface area contributed by atoms with Crippen LogP contribution in [-0.2, 0) is 0 Å². The largest absolute Gasteiger partial charge is 0.350 e. The fourth-order valence-corrected chi connectivity index (χ4v) is 4.30. The zero-order valence-electron chi connectivity index (χ0n) is 13.0. The van der Waals surface area contributed by atoms with Crippen LogP contribution in [0.2, 0.25) is 0 Å². The van der Waals surface area contributed by atoms with Gasteiger partial charge in [-0.2, -0.15) is 0 Å². The second-order valence-electron chi connectivity index (χ2n) is 5.91. The number of benzene rings is 1. The minimum atomic E-state index is -0.358. The van der Waals surface area contributed by atoms with Gasteiger partial charge in [0.05, 0.1) is 20.1 Å². The van der Waals surface area contributed by atoms with Crippen molar-refractivity contribution in [1.29, 1.82) is 0 Å². The summed E-state index contributed by atoms with van der Waals surface area (Å²) in [5.41, 5.74) is 1.10. The van der Waals surface area contributed by atoms with Crippen LogP contribution in [0, 0.1) is 10.1 Å². The quantitative estimate of drug-likeness (QED) is 0.532. The highest BCUT2D eigenvalue weighted by atomic mass is 32.1. The fraction of sp³-hybridized carbons (Fsp3) is 0.294. The first-order chi connectivity index (χ1) is 11.7. The second kappa shape index (κ2) is 6.16. The summed E-state index contributed by atoms with van der Waals surface area (Å²) in [7, 11) is 0. The van der Waals surface area contributed by atoms with E-state index in [1.165, 1.54) is 10.8 Å². The number of aromatic nitrogens is 2. The molecule has 0 amide bonds. The Bertz CT molecular complexity index is 862. The number of fused-ring (bicyclic) bond motifs is 1. The highest BCUT2D eigenvalue weighted by Crippen LogP contribution is 2.36. The number of pyridine rings is 1. The van der Waals surface area contributed by atoms with E-state index in [-0.39, 0.29) is 16.5 Å². The van der Waals surface area contributed by atoms with E-state index in [1.54, 1.807) is 23.6 Å². The number of nitrogens with zero attached hydrogens (tertiary/aromatic N) is 4. The zero-order valence-corrected chi connectivity index (χ0v) is 13.8. The van der Waals surface area contributed by atoms with Crippen molar-refractivity contribution in [2.75, 3.05) is 18.0 Å². The number of anilines is 1. The Morgan fingerprint density at radius 2 is 2.12 bits per heavy atom. The van der Waals surface area contributed by atoms with Gasteiger partial charge < -0.3 is 4.90 Å². The van der Waals surface area contributed by atoms with Gasteiger partial charge in [-0.25, -0.2) is 9.97 Å². The lowest BCUT2D eigenvalue weighted by Crippen LogP contribution is -2.35. The van der Waals surface area contributed by atoms with Gasteiger partial charge in [0, 0.05) is 31.3 Å². The molecule has 3 aromatic rings. The number of piperidine rings is 1. The molecule has 122 valence electrons. The van der Waals surface area contributed by atoms with Crippen molar-refractivity contribution >= 4 is 33.1 Å². The second-order valence-corrected chi connectivity index (χ2v) is 6.97. The van der Waals surface area contributed by atoms with Gasteiger partial charge in [-0.1, -0.05) is 12.1 Å². The fourth-order valence-electron chi connectivity index (χ4n) is 3.21. The minimum Gasteiger partial charge on any atom is -0.350 e. The molecule has 1 aromatic carbocycles. The Morgan fingerprint density at radius 1 is 1.25 bits per heavy atom. The third-order valence-corrected chi connectivity index (χ3v) is 5.54. The van der Waals surface area contributed by atoms with E-state index < -0.39 is 0 Å². The van der Waals surface area contributed by atoms with Crippen molar-refractivity contribution in [1.82, 2.24) is 9.97 Å². The molecule has 1 aliphatic heterocycles. The summed E-state index contributed by atoms with van der Waals surface area (Å²) in [6, 6.07) is 11.3. The molecule has 24 heavy (non-hydrogen) atoms. The molecule has 1 fully saturated rings. The number of para-hydroxylation sites is 1. The molecule has 1 aliphatic rings. The number of thiazole rings is 1. The lowest BCUT2D eigenvalue weighted by atomic mass is 9.98. The number of hydrogen-bond donors (Lipinski definition) is 0. The Balaban J connectivity index is 1.63. The number of rotatable bonds is 3. The molecule has 6 nitrogen and oxygen atoms in total. The van der Waals surface area contributed by atoms with Crippen molar-refractivity contribution in [3.63, 3.8) is 0 Å². The van der Waals surface area contributed by atoms with Gasteiger partial charge in [0.1, 0.15) is 0 Å². The van der Waals surface area contributed by atoms with Gasteiger partial charge in [0.15, 0.2) is 0 Å². The minimum absolute atomic E-state index is 0.0717. The molecule has 2 aromatic heterocycles. The third kappa shape index (κ3) is 2.71. The summed E-state index contributed by atoms with van der Waals surface area (Å²) in [5, 5.41) is 12.4.